The van der Waals surface area contributed by atoms with E-state index in [0.717, 1.165) is 66.8 Å². The van der Waals surface area contributed by atoms with E-state index in [1.807, 2.05) is 352 Å². The molecule has 0 heterocycles. The molecule has 0 saturated carbocycles. The van der Waals surface area contributed by atoms with E-state index in [1.54, 1.807) is 6.07 Å². The van der Waals surface area contributed by atoms with Gasteiger partial charge in [0.15, 0.2) is 0 Å². The van der Waals surface area contributed by atoms with Crippen molar-refractivity contribution in [1.82, 2.24) is 0 Å². The third-order valence-corrected chi connectivity index (χ3v) is 19.2. The molecule has 0 bridgehead atoms. The largest absolute Gasteiger partial charge is 0.489 e. The Labute approximate surface area is 704 Å². The van der Waals surface area contributed by atoms with Crippen LogP contribution in [0.5, 0.6) is 80.5 Å². The van der Waals surface area contributed by atoms with Gasteiger partial charge in [-0.05, 0) is 163 Å². The summed E-state index contributed by atoms with van der Waals surface area (Å²) in [6.45, 7) is 3.06. The fraction of sp³-hybridized carbons (Fsp3) is 0.133. The number of rotatable bonds is 43. The van der Waals surface area contributed by atoms with Crippen molar-refractivity contribution in [2.75, 3.05) is 0 Å². The van der Waals surface area contributed by atoms with E-state index >= 15 is 0 Å². The summed E-state index contributed by atoms with van der Waals surface area (Å²) in [6.07, 6.45) is 0. The zero-order valence-corrected chi connectivity index (χ0v) is 66.7. The number of carboxylic acid groups (broad SMARTS) is 1. The Hall–Kier alpha value is -15.0. The van der Waals surface area contributed by atoms with Crippen LogP contribution in [-0.4, -0.2) is 11.1 Å². The van der Waals surface area contributed by atoms with Crippen LogP contribution in [0.15, 0.2) is 370 Å². The van der Waals surface area contributed by atoms with Crippen LogP contribution in [0.25, 0.3) is 0 Å². The number of carboxylic acids is 1. The van der Waals surface area contributed by atoms with Crippen LogP contribution in [0.2, 0.25) is 0 Å². The zero-order valence-electron chi connectivity index (χ0n) is 66.7. The summed E-state index contributed by atoms with van der Waals surface area (Å²) in [5.41, 5.74) is 12.5. The summed E-state index contributed by atoms with van der Waals surface area (Å²) in [7, 11) is 0. The van der Waals surface area contributed by atoms with E-state index in [-0.39, 0.29) is 56.7 Å². The van der Waals surface area contributed by atoms with Gasteiger partial charge in [0.05, 0.1) is 5.56 Å². The maximum Gasteiger partial charge on any atom is 0.335 e. The summed E-state index contributed by atoms with van der Waals surface area (Å²) in [5.74, 6) is 5.93. The molecule has 15 aromatic carbocycles. The Morgan fingerprint density at radius 2 is 0.256 bits per heavy atom. The lowest BCUT2D eigenvalue weighted by Gasteiger charge is -2.17. The van der Waals surface area contributed by atoms with Crippen molar-refractivity contribution in [3.8, 4) is 80.5 Å². The average Bonchev–Trinajstić information content (AvgIpc) is 0.842. The van der Waals surface area contributed by atoms with E-state index in [0.29, 0.717) is 133 Å². The van der Waals surface area contributed by atoms with Crippen LogP contribution in [0.4, 0.5) is 0 Å². The summed E-state index contributed by atoms with van der Waals surface area (Å²) in [6, 6.07) is 118. The zero-order chi connectivity index (χ0) is 82.3. The number of carbonyl (C=O) groups is 1. The topological polar surface area (TPSA) is 167 Å². The quantitative estimate of drug-likeness (QED) is 0.0383. The molecule has 606 valence electrons. The van der Waals surface area contributed by atoms with Crippen molar-refractivity contribution in [3.05, 3.63) is 454 Å². The van der Waals surface area contributed by atoms with E-state index < -0.39 is 5.97 Å². The molecule has 16 nitrogen and oxygen atoms in total. The first-order chi connectivity index (χ1) is 59.6. The molecule has 15 aromatic rings. The van der Waals surface area contributed by atoms with Crippen molar-refractivity contribution in [1.29, 1.82) is 0 Å². The minimum Gasteiger partial charge on any atom is -0.489 e. The van der Waals surface area contributed by atoms with Crippen LogP contribution in [-0.2, 0) is 92.5 Å². The molecule has 0 spiro atoms. The molecule has 0 amide bonds. The molecule has 121 heavy (non-hydrogen) atoms. The van der Waals surface area contributed by atoms with Crippen molar-refractivity contribution in [2.24, 2.45) is 0 Å². The minimum absolute atomic E-state index is 0.0534. The third-order valence-electron chi connectivity index (χ3n) is 19.2. The van der Waals surface area contributed by atoms with Crippen LogP contribution in [0, 0.1) is 0 Å². The van der Waals surface area contributed by atoms with Crippen molar-refractivity contribution < 1.29 is 76.2 Å². The van der Waals surface area contributed by atoms with E-state index in [9.17, 15) is 9.90 Å². The Balaban J connectivity index is 0.704. The van der Waals surface area contributed by atoms with Gasteiger partial charge in [-0.2, -0.15) is 0 Å². The van der Waals surface area contributed by atoms with Crippen LogP contribution in [0.3, 0.4) is 0 Å². The number of hydrogen-bond acceptors (Lipinski definition) is 15. The molecule has 16 heteroatoms. The van der Waals surface area contributed by atoms with Gasteiger partial charge in [0, 0.05) is 42.5 Å². The molecule has 1 N–H and O–H groups in total. The summed E-state index contributed by atoms with van der Waals surface area (Å²) in [5, 5.41) is 10.7. The second-order valence-corrected chi connectivity index (χ2v) is 28.8. The van der Waals surface area contributed by atoms with Gasteiger partial charge in [-0.25, -0.2) is 4.79 Å². The summed E-state index contributed by atoms with van der Waals surface area (Å²) >= 11 is 0. The van der Waals surface area contributed by atoms with Crippen molar-refractivity contribution in [2.45, 2.75) is 92.5 Å². The Morgan fingerprint density at radius 1 is 0.149 bits per heavy atom. The Bertz CT molecular complexity index is 4860. The summed E-state index contributed by atoms with van der Waals surface area (Å²) < 4.78 is 91.3. The van der Waals surface area contributed by atoms with Gasteiger partial charge in [0.1, 0.15) is 173 Å². The van der Waals surface area contributed by atoms with Gasteiger partial charge in [0.2, 0.25) is 0 Å². The monoisotopic (exact) mass is 1610 g/mol. The highest BCUT2D eigenvalue weighted by Gasteiger charge is 2.18. The highest BCUT2D eigenvalue weighted by Crippen LogP contribution is 2.36. The lowest BCUT2D eigenvalue weighted by atomic mass is 10.1. The first kappa shape index (κ1) is 81.1. The van der Waals surface area contributed by atoms with Crippen molar-refractivity contribution >= 4 is 5.97 Å². The molecule has 0 aliphatic rings. The molecular formula is C105H90O16. The highest BCUT2D eigenvalue weighted by atomic mass is 16.5. The summed E-state index contributed by atoms with van der Waals surface area (Å²) in [4.78, 5) is 13.1. The molecule has 0 saturated heterocycles. The van der Waals surface area contributed by atoms with Gasteiger partial charge in [-0.1, -0.05) is 243 Å². The number of aromatic carboxylic acids is 1. The van der Waals surface area contributed by atoms with E-state index in [2.05, 4.69) is 0 Å². The average molecular weight is 1610 g/mol. The van der Waals surface area contributed by atoms with Gasteiger partial charge in [0.25, 0.3) is 0 Å². The molecule has 0 fully saturated rings. The van der Waals surface area contributed by atoms with Crippen LogP contribution >= 0.6 is 0 Å². The molecule has 0 atom stereocenters. The van der Waals surface area contributed by atoms with Crippen molar-refractivity contribution in [3.63, 3.8) is 0 Å². The molecule has 0 aliphatic heterocycles. The molecule has 0 aliphatic carbocycles. The molecular weight excluding hydrogens is 1520 g/mol. The van der Waals surface area contributed by atoms with Gasteiger partial charge in [-0.15, -0.1) is 0 Å². The SMILES string of the molecule is O=C(O)c1cc(OCc2cc(OCc3cc(OCc4ccccc4)cc(OCc4ccccc4)c3)cc(OCc3cc(OCc4ccccc4)cc(OCc4ccccc4)c3)c2)cc(OCc2cc(OCc3cc(OCc4ccccc4)cc(OCc4ccccc4)c3)cc(OCc3cc(OCc4ccccc4)cc(OCc4ccccc4)c3)c2)c1. The molecule has 0 unspecified atom stereocenters. The van der Waals surface area contributed by atoms with Gasteiger partial charge >= 0.3 is 5.97 Å². The molecule has 0 aromatic heterocycles. The first-order valence-electron chi connectivity index (χ1n) is 39.9. The lowest BCUT2D eigenvalue weighted by Crippen LogP contribution is -2.05. The standard InChI is InChI=1S/C105H90O16/c106-105(107)90-53-103(120-74-88-49-99(116-70-84-41-91(108-62-76-25-9-1-10-26-76)55-92(42-84)109-63-77-27-11-2-12-28-77)59-100(50-88)117-71-85-43-93(110-64-78-29-13-3-14-30-78)56-94(44-85)111-65-79-31-15-4-16-32-79)61-104(54-90)121-75-89-51-101(118-72-86-45-95(112-66-80-33-17-5-18-34-80)57-96(46-86)113-67-81-35-19-6-20-36-81)60-102(52-89)119-73-87-47-97(114-68-82-37-21-7-22-38-82)58-98(48-87)115-69-83-39-23-8-24-40-83/h1-61H,62-75H2,(H,106,107). The maximum absolute atomic E-state index is 13.1. The fourth-order valence-electron chi connectivity index (χ4n) is 13.1. The van der Waals surface area contributed by atoms with Crippen LogP contribution in [0.1, 0.15) is 88.2 Å². The fourth-order valence-corrected chi connectivity index (χ4v) is 13.1. The Kier molecular flexibility index (Phi) is 28.3. The van der Waals surface area contributed by atoms with Gasteiger partial charge < -0.3 is 71.4 Å². The molecule has 0 radical (unpaired) electrons. The first-order valence-corrected chi connectivity index (χ1v) is 39.9. The maximum atomic E-state index is 13.1. The number of benzene rings is 15. The predicted molar refractivity (Wildman–Crippen MR) is 464 cm³/mol. The minimum atomic E-state index is -1.19. The van der Waals surface area contributed by atoms with Crippen LogP contribution < -0.4 is 66.3 Å². The third kappa shape index (κ3) is 26.0. The highest BCUT2D eigenvalue weighted by molar-refractivity contribution is 5.88. The van der Waals surface area contributed by atoms with E-state index in [4.69, 9.17) is 66.3 Å². The lowest BCUT2D eigenvalue weighted by molar-refractivity contribution is 0.0695. The number of ether oxygens (including phenoxy) is 14. The number of hydrogen-bond donors (Lipinski definition) is 1. The second kappa shape index (κ2) is 42.2. The Morgan fingerprint density at radius 3 is 0.372 bits per heavy atom. The second-order valence-electron chi connectivity index (χ2n) is 28.8. The predicted octanol–water partition coefficient (Wildman–Crippen LogP) is 23.5. The molecule has 15 rings (SSSR count). The van der Waals surface area contributed by atoms with E-state index in [1.165, 1.54) is 12.1 Å². The van der Waals surface area contributed by atoms with Gasteiger partial charge in [-0.3, -0.25) is 0 Å². The normalized spacial score (nSPS) is 10.8. The smallest absolute Gasteiger partial charge is 0.335 e.